The number of nitrogens with one attached hydrogen (secondary N) is 1. The molecule has 2 aromatic heterocycles. The zero-order valence-electron chi connectivity index (χ0n) is 19.3. The number of morpholine rings is 1. The lowest BCUT2D eigenvalue weighted by atomic mass is 10.1. The summed E-state index contributed by atoms with van der Waals surface area (Å²) in [6.45, 7) is 7.46. The molecule has 9 heteroatoms. The van der Waals surface area contributed by atoms with Gasteiger partial charge in [-0.2, -0.15) is 9.97 Å². The molecule has 1 aliphatic heterocycles. The van der Waals surface area contributed by atoms with E-state index in [2.05, 4.69) is 27.1 Å². The second-order valence-corrected chi connectivity index (χ2v) is 8.38. The van der Waals surface area contributed by atoms with Crippen molar-refractivity contribution in [1.29, 1.82) is 0 Å². The van der Waals surface area contributed by atoms with E-state index in [-0.39, 0.29) is 30.4 Å². The number of carbonyl (C=O) groups is 1. The molecule has 33 heavy (non-hydrogen) atoms. The highest BCUT2D eigenvalue weighted by molar-refractivity contribution is 5.94. The molecule has 3 aromatic rings. The summed E-state index contributed by atoms with van der Waals surface area (Å²) in [5.74, 6) is 1.21. The van der Waals surface area contributed by atoms with Crippen LogP contribution in [0.1, 0.15) is 26.3 Å². The van der Waals surface area contributed by atoms with Crippen LogP contribution in [0.25, 0.3) is 22.3 Å². The lowest BCUT2D eigenvalue weighted by molar-refractivity contribution is -0.118. The quantitative estimate of drug-likeness (QED) is 0.589. The first-order valence-electron chi connectivity index (χ1n) is 11.0. The molecule has 0 saturated carbocycles. The molecule has 0 radical (unpaired) electrons. The molecule has 1 unspecified atom stereocenters. The Morgan fingerprint density at radius 2 is 2.09 bits per heavy atom. The number of fused-ring (bicyclic) bond motifs is 1. The lowest BCUT2D eigenvalue weighted by Gasteiger charge is -2.34. The van der Waals surface area contributed by atoms with Gasteiger partial charge in [-0.3, -0.25) is 10.1 Å². The number of methoxy groups -OCH3 is 1. The molecule has 0 spiro atoms. The predicted molar refractivity (Wildman–Crippen MR) is 126 cm³/mol. The maximum absolute atomic E-state index is 12.3. The number of nitrogens with zero attached hydrogens (tertiary/aromatic N) is 4. The normalized spacial score (nSPS) is 16.3. The van der Waals surface area contributed by atoms with Crippen LogP contribution in [0.3, 0.4) is 0 Å². The van der Waals surface area contributed by atoms with Crippen molar-refractivity contribution in [2.75, 3.05) is 37.1 Å². The zero-order chi connectivity index (χ0) is 23.5. The summed E-state index contributed by atoms with van der Waals surface area (Å²) in [6.07, 6.45) is 0. The Morgan fingerprint density at radius 1 is 1.27 bits per heavy atom. The number of hydrogen-bond donors (Lipinski definition) is 2. The first-order chi connectivity index (χ1) is 15.9. The van der Waals surface area contributed by atoms with Crippen LogP contribution in [-0.4, -0.2) is 58.9 Å². The van der Waals surface area contributed by atoms with Crippen LogP contribution >= 0.6 is 0 Å². The lowest BCUT2D eigenvalue weighted by Crippen LogP contribution is -2.44. The number of pyridine rings is 1. The number of amides is 1. The molecule has 0 aliphatic carbocycles. The van der Waals surface area contributed by atoms with Gasteiger partial charge in [0.15, 0.2) is 5.65 Å². The molecule has 4 rings (SSSR count). The molecule has 0 bridgehead atoms. The van der Waals surface area contributed by atoms with Crippen molar-refractivity contribution in [2.24, 2.45) is 5.92 Å². The predicted octanol–water partition coefficient (Wildman–Crippen LogP) is 3.01. The Balaban J connectivity index is 1.83. The van der Waals surface area contributed by atoms with Crippen LogP contribution < -0.4 is 15.0 Å². The van der Waals surface area contributed by atoms with Gasteiger partial charge in [-0.15, -0.1) is 0 Å². The van der Waals surface area contributed by atoms with E-state index >= 15 is 0 Å². The number of rotatable bonds is 6. The molecule has 1 atom stereocenters. The third-order valence-electron chi connectivity index (χ3n) is 5.69. The van der Waals surface area contributed by atoms with Gasteiger partial charge in [-0.25, -0.2) is 4.98 Å². The highest BCUT2D eigenvalue weighted by Crippen LogP contribution is 2.31. The molecule has 1 aromatic carbocycles. The fourth-order valence-electron chi connectivity index (χ4n) is 3.79. The summed E-state index contributed by atoms with van der Waals surface area (Å²) in [7, 11) is 1.57. The molecule has 174 valence electrons. The molecule has 2 N–H and O–H groups in total. The maximum Gasteiger partial charge on any atom is 0.233 e. The van der Waals surface area contributed by atoms with Crippen molar-refractivity contribution in [3.63, 3.8) is 0 Å². The monoisotopic (exact) mass is 451 g/mol. The van der Waals surface area contributed by atoms with Crippen LogP contribution in [0.15, 0.2) is 30.3 Å². The highest BCUT2D eigenvalue weighted by atomic mass is 16.5. The molecule has 9 nitrogen and oxygen atoms in total. The van der Waals surface area contributed by atoms with Crippen LogP contribution in [0, 0.1) is 5.92 Å². The second-order valence-electron chi connectivity index (χ2n) is 8.38. The summed E-state index contributed by atoms with van der Waals surface area (Å²) in [5, 5.41) is 13.3. The number of ether oxygens (including phenoxy) is 2. The van der Waals surface area contributed by atoms with E-state index < -0.39 is 0 Å². The zero-order valence-corrected chi connectivity index (χ0v) is 19.3. The Kier molecular flexibility index (Phi) is 6.71. The summed E-state index contributed by atoms with van der Waals surface area (Å²) < 4.78 is 10.9. The smallest absolute Gasteiger partial charge is 0.233 e. The number of anilines is 2. The third kappa shape index (κ3) is 4.74. The number of hydrogen-bond acceptors (Lipinski definition) is 8. The topological polar surface area (TPSA) is 110 Å². The Labute approximate surface area is 192 Å². The summed E-state index contributed by atoms with van der Waals surface area (Å²) in [5.41, 5.74) is 2.68. The standard InChI is InChI=1S/C24H29N5O4/c1-14(2)23(31)28-24-26-21-18(22(27-24)29-9-10-33-13-15(29)3)6-7-19(25-21)16-5-8-20(32-4)17(11-16)12-30/h5-8,11,14-15,30H,9-10,12-13H2,1-4H3,(H,25,26,27,28,31). The minimum Gasteiger partial charge on any atom is -0.496 e. The summed E-state index contributed by atoms with van der Waals surface area (Å²) in [6, 6.07) is 9.53. The Bertz CT molecular complexity index is 1170. The van der Waals surface area contributed by atoms with Crippen LogP contribution in [0.4, 0.5) is 11.8 Å². The van der Waals surface area contributed by atoms with E-state index in [1.54, 1.807) is 7.11 Å². The van der Waals surface area contributed by atoms with Gasteiger partial charge in [-0.1, -0.05) is 13.8 Å². The second kappa shape index (κ2) is 9.68. The van der Waals surface area contributed by atoms with Crippen molar-refractivity contribution in [1.82, 2.24) is 15.0 Å². The van der Waals surface area contributed by atoms with Gasteiger partial charge in [0.1, 0.15) is 11.6 Å². The summed E-state index contributed by atoms with van der Waals surface area (Å²) >= 11 is 0. The van der Waals surface area contributed by atoms with Crippen molar-refractivity contribution in [2.45, 2.75) is 33.4 Å². The van der Waals surface area contributed by atoms with E-state index in [9.17, 15) is 9.90 Å². The first kappa shape index (κ1) is 22.9. The van der Waals surface area contributed by atoms with Gasteiger partial charge in [-0.05, 0) is 37.3 Å². The van der Waals surface area contributed by atoms with E-state index in [0.29, 0.717) is 42.4 Å². The SMILES string of the molecule is COc1ccc(-c2ccc3c(N4CCOCC4C)nc(NC(=O)C(C)C)nc3n2)cc1CO. The maximum atomic E-state index is 12.3. The molecular weight excluding hydrogens is 422 g/mol. The summed E-state index contributed by atoms with van der Waals surface area (Å²) in [4.78, 5) is 28.5. The van der Waals surface area contributed by atoms with Gasteiger partial charge >= 0.3 is 0 Å². The molecule has 1 saturated heterocycles. The average molecular weight is 452 g/mol. The average Bonchev–Trinajstić information content (AvgIpc) is 2.83. The van der Waals surface area contributed by atoms with Crippen molar-refractivity contribution < 1.29 is 19.4 Å². The molecule has 3 heterocycles. The van der Waals surface area contributed by atoms with Crippen molar-refractivity contribution in [3.8, 4) is 17.0 Å². The number of aliphatic hydroxyl groups excluding tert-OH is 1. The van der Waals surface area contributed by atoms with Crippen molar-refractivity contribution in [3.05, 3.63) is 35.9 Å². The van der Waals surface area contributed by atoms with E-state index in [4.69, 9.17) is 14.5 Å². The first-order valence-corrected chi connectivity index (χ1v) is 11.0. The molecule has 1 amide bonds. The van der Waals surface area contributed by atoms with E-state index in [0.717, 1.165) is 16.8 Å². The van der Waals surface area contributed by atoms with E-state index in [1.807, 2.05) is 44.2 Å². The van der Waals surface area contributed by atoms with Crippen LogP contribution in [-0.2, 0) is 16.1 Å². The fraction of sp³-hybridized carbons (Fsp3) is 0.417. The fourth-order valence-corrected chi connectivity index (χ4v) is 3.79. The molecule has 1 fully saturated rings. The minimum atomic E-state index is -0.203. The van der Waals surface area contributed by atoms with Gasteiger partial charge in [0.25, 0.3) is 0 Å². The van der Waals surface area contributed by atoms with Gasteiger partial charge in [0.05, 0.1) is 44.1 Å². The highest BCUT2D eigenvalue weighted by Gasteiger charge is 2.24. The van der Waals surface area contributed by atoms with Gasteiger partial charge in [0.2, 0.25) is 11.9 Å². The molecule has 1 aliphatic rings. The number of aliphatic hydroxyl groups is 1. The minimum absolute atomic E-state index is 0.124. The van der Waals surface area contributed by atoms with Gasteiger partial charge < -0.3 is 19.5 Å². The van der Waals surface area contributed by atoms with Crippen molar-refractivity contribution >= 4 is 28.7 Å². The number of carbonyl (C=O) groups excluding carboxylic acids is 1. The van der Waals surface area contributed by atoms with Crippen LogP contribution in [0.2, 0.25) is 0 Å². The number of benzene rings is 1. The van der Waals surface area contributed by atoms with E-state index in [1.165, 1.54) is 0 Å². The largest absolute Gasteiger partial charge is 0.496 e. The van der Waals surface area contributed by atoms with Crippen LogP contribution in [0.5, 0.6) is 5.75 Å². The van der Waals surface area contributed by atoms with Gasteiger partial charge in [0, 0.05) is 23.6 Å². The molecular formula is C24H29N5O4. The third-order valence-corrected chi connectivity index (χ3v) is 5.69. The number of aromatic nitrogens is 3. The Hall–Kier alpha value is -3.30. The Morgan fingerprint density at radius 3 is 2.79 bits per heavy atom.